The van der Waals surface area contributed by atoms with Gasteiger partial charge in [0.05, 0.1) is 13.7 Å². The van der Waals surface area contributed by atoms with E-state index in [0.29, 0.717) is 6.10 Å². The minimum absolute atomic E-state index is 0.248. The van der Waals surface area contributed by atoms with E-state index in [1.165, 1.54) is 0 Å². The lowest BCUT2D eigenvalue weighted by Crippen LogP contribution is -2.38. The van der Waals surface area contributed by atoms with E-state index in [4.69, 9.17) is 10.8 Å². The van der Waals surface area contributed by atoms with Crippen molar-refractivity contribution in [1.82, 2.24) is 4.98 Å². The molecule has 1 heterocycles. The number of nitrogens with zero attached hydrogens (tertiary/aromatic N) is 1. The van der Waals surface area contributed by atoms with E-state index < -0.39 is 0 Å². The van der Waals surface area contributed by atoms with Gasteiger partial charge in [-0.25, -0.2) is 0 Å². The normalized spacial score (nSPS) is 27.6. The van der Waals surface area contributed by atoms with Crippen molar-refractivity contribution < 1.29 is 10.8 Å². The first-order valence-corrected chi connectivity index (χ1v) is 4.40. The van der Waals surface area contributed by atoms with Crippen LogP contribution >= 0.6 is 0 Å². The zero-order chi connectivity index (χ0) is 9.97. The van der Waals surface area contributed by atoms with Gasteiger partial charge in [0.15, 0.2) is 0 Å². The van der Waals surface area contributed by atoms with Gasteiger partial charge < -0.3 is 9.47 Å². The van der Waals surface area contributed by atoms with Gasteiger partial charge in [0, 0.05) is 26.1 Å². The van der Waals surface area contributed by atoms with Crippen molar-refractivity contribution >= 4 is 0 Å². The maximum Gasteiger partial charge on any atom is 0.138 e. The topological polar surface area (TPSA) is 31.4 Å². The molecule has 1 aromatic rings. The Morgan fingerprint density at radius 3 is 3.00 bits per heavy atom. The van der Waals surface area contributed by atoms with Gasteiger partial charge in [0.25, 0.3) is 0 Å². The maximum absolute atomic E-state index is 7.21. The number of hydrogen-bond donors (Lipinski definition) is 0. The van der Waals surface area contributed by atoms with Crippen LogP contribution < -0.4 is 4.74 Å². The Hall–Kier alpha value is -1.09. The monoisotopic (exact) mass is 180 g/mol. The minimum atomic E-state index is 0.248. The van der Waals surface area contributed by atoms with Gasteiger partial charge in [0.1, 0.15) is 11.9 Å². The third-order valence-corrected chi connectivity index (χ3v) is 2.28. The lowest BCUT2D eigenvalue weighted by atomic mass is 9.92. The predicted molar refractivity (Wildman–Crippen MR) is 48.7 cm³/mol. The predicted octanol–water partition coefficient (Wildman–Crippen LogP) is 1.64. The molecule has 2 rings (SSSR count). The Labute approximate surface area is 79.1 Å². The van der Waals surface area contributed by atoms with E-state index in [2.05, 4.69) is 4.98 Å². The molecule has 0 spiro atoms. The van der Waals surface area contributed by atoms with Crippen LogP contribution in [0.1, 0.15) is 14.2 Å². The zero-order valence-corrected chi connectivity index (χ0v) is 7.56. The molecule has 1 aromatic heterocycles. The van der Waals surface area contributed by atoms with E-state index in [-0.39, 0.29) is 12.3 Å². The van der Waals surface area contributed by atoms with Crippen LogP contribution in [0.15, 0.2) is 24.5 Å². The molecule has 0 saturated heterocycles. The molecule has 70 valence electrons. The molecule has 0 aromatic carbocycles. The third-order valence-electron chi connectivity index (χ3n) is 2.28. The van der Waals surface area contributed by atoms with Gasteiger partial charge in [-0.2, -0.15) is 0 Å². The summed E-state index contributed by atoms with van der Waals surface area (Å²) in [4.78, 5) is 3.84. The zero-order valence-electron chi connectivity index (χ0n) is 8.56. The van der Waals surface area contributed by atoms with Crippen LogP contribution in [0.2, 0.25) is 0 Å². The molecular formula is C10H13NO2. The summed E-state index contributed by atoms with van der Waals surface area (Å²) < 4.78 is 18.0. The number of rotatable bonds is 3. The summed E-state index contributed by atoms with van der Waals surface area (Å²) in [6, 6.07) is 3.40. The van der Waals surface area contributed by atoms with E-state index >= 15 is 0 Å². The molecule has 13 heavy (non-hydrogen) atoms. The van der Waals surface area contributed by atoms with Crippen molar-refractivity contribution in [3.63, 3.8) is 0 Å². The summed E-state index contributed by atoms with van der Waals surface area (Å²) in [5, 5.41) is 0. The smallest absolute Gasteiger partial charge is 0.138 e. The maximum atomic E-state index is 7.21. The molecule has 0 unspecified atom stereocenters. The summed E-state index contributed by atoms with van der Waals surface area (Å²) in [7, 11) is 1.72. The van der Waals surface area contributed by atoms with Crippen LogP contribution in [0.25, 0.3) is 0 Å². The van der Waals surface area contributed by atoms with Crippen LogP contribution in [0.5, 0.6) is 5.75 Å². The number of aromatic nitrogens is 1. The molecule has 1 saturated carbocycles. The number of methoxy groups -OCH3 is 1. The third kappa shape index (κ3) is 1.98. The second kappa shape index (κ2) is 3.75. The van der Waals surface area contributed by atoms with Gasteiger partial charge in [-0.1, -0.05) is 0 Å². The SMILES string of the molecule is [2H]c1ccc(OC2CC(OC)C2)cn1. The molecule has 3 nitrogen and oxygen atoms in total. The Balaban J connectivity index is 1.84. The Morgan fingerprint density at radius 1 is 1.54 bits per heavy atom. The van der Waals surface area contributed by atoms with Crippen molar-refractivity contribution in [2.75, 3.05) is 7.11 Å². The Bertz CT molecular complexity index is 295. The fourth-order valence-electron chi connectivity index (χ4n) is 1.37. The standard InChI is InChI=1S/C10H13NO2/c1-12-9-5-10(6-9)13-8-3-2-4-11-7-8/h2-4,7,9-10H,5-6H2,1H3/i4D. The highest BCUT2D eigenvalue weighted by Crippen LogP contribution is 2.27. The lowest BCUT2D eigenvalue weighted by Gasteiger charge is -2.33. The van der Waals surface area contributed by atoms with E-state index in [0.717, 1.165) is 18.6 Å². The van der Waals surface area contributed by atoms with Crippen molar-refractivity contribution in [2.24, 2.45) is 0 Å². The van der Waals surface area contributed by atoms with Crippen LogP contribution in [0.4, 0.5) is 0 Å². The molecule has 1 aliphatic rings. The summed E-state index contributed by atoms with van der Waals surface area (Å²) in [6.45, 7) is 0. The van der Waals surface area contributed by atoms with E-state index in [1.807, 2.05) is 0 Å². The Kier molecular flexibility index (Phi) is 2.11. The highest BCUT2D eigenvalue weighted by molar-refractivity contribution is 5.16. The molecule has 0 atom stereocenters. The molecule has 0 amide bonds. The molecule has 0 N–H and O–H groups in total. The fraction of sp³-hybridized carbons (Fsp3) is 0.500. The molecule has 1 fully saturated rings. The highest BCUT2D eigenvalue weighted by atomic mass is 16.5. The first-order valence-electron chi connectivity index (χ1n) is 4.90. The molecule has 1 aliphatic carbocycles. The average Bonchev–Trinajstić information content (AvgIpc) is 2.13. The number of ether oxygens (including phenoxy) is 2. The Morgan fingerprint density at radius 2 is 2.38 bits per heavy atom. The summed E-state index contributed by atoms with van der Waals surface area (Å²) in [6.07, 6.45) is 4.34. The van der Waals surface area contributed by atoms with E-state index in [1.54, 1.807) is 25.4 Å². The lowest BCUT2D eigenvalue weighted by molar-refractivity contribution is -0.0382. The largest absolute Gasteiger partial charge is 0.489 e. The summed E-state index contributed by atoms with van der Waals surface area (Å²) in [5.41, 5.74) is 0. The van der Waals surface area contributed by atoms with Gasteiger partial charge in [-0.3, -0.25) is 4.98 Å². The van der Waals surface area contributed by atoms with Gasteiger partial charge in [-0.05, 0) is 12.1 Å². The van der Waals surface area contributed by atoms with Gasteiger partial charge in [-0.15, -0.1) is 0 Å². The summed E-state index contributed by atoms with van der Waals surface area (Å²) >= 11 is 0. The van der Waals surface area contributed by atoms with Crippen molar-refractivity contribution in [3.8, 4) is 5.75 Å². The summed E-state index contributed by atoms with van der Waals surface area (Å²) in [5.74, 6) is 0.737. The number of hydrogen-bond acceptors (Lipinski definition) is 3. The van der Waals surface area contributed by atoms with Crippen molar-refractivity contribution in [2.45, 2.75) is 25.0 Å². The van der Waals surface area contributed by atoms with Crippen LogP contribution in [0.3, 0.4) is 0 Å². The molecule has 3 heteroatoms. The minimum Gasteiger partial charge on any atom is -0.489 e. The molecular weight excluding hydrogens is 166 g/mol. The highest BCUT2D eigenvalue weighted by Gasteiger charge is 2.30. The molecule has 0 bridgehead atoms. The first-order chi connectivity index (χ1) is 6.78. The molecule has 0 radical (unpaired) electrons. The quantitative estimate of drug-likeness (QED) is 0.708. The number of pyridine rings is 1. The first kappa shape index (κ1) is 7.33. The van der Waals surface area contributed by atoms with Crippen molar-refractivity contribution in [1.29, 1.82) is 0 Å². The van der Waals surface area contributed by atoms with Gasteiger partial charge in [0.2, 0.25) is 0 Å². The average molecular weight is 180 g/mol. The second-order valence-electron chi connectivity index (χ2n) is 3.19. The van der Waals surface area contributed by atoms with E-state index in [9.17, 15) is 0 Å². The molecule has 0 aliphatic heterocycles. The fourth-order valence-corrected chi connectivity index (χ4v) is 1.37. The van der Waals surface area contributed by atoms with Crippen molar-refractivity contribution in [3.05, 3.63) is 24.5 Å². The van der Waals surface area contributed by atoms with Crippen LogP contribution in [-0.2, 0) is 4.74 Å². The second-order valence-corrected chi connectivity index (χ2v) is 3.19. The van der Waals surface area contributed by atoms with Crippen LogP contribution in [-0.4, -0.2) is 24.3 Å². The van der Waals surface area contributed by atoms with Crippen LogP contribution in [0, 0.1) is 0 Å². The van der Waals surface area contributed by atoms with Gasteiger partial charge >= 0.3 is 0 Å².